The number of likely N-dealkylation sites (N-methyl/N-ethyl adjacent to an activating group) is 1. The van der Waals surface area contributed by atoms with Crippen LogP contribution < -0.4 is 4.74 Å². The molecular weight excluding hydrogens is 238 g/mol. The topological polar surface area (TPSA) is 29.5 Å². The van der Waals surface area contributed by atoms with Gasteiger partial charge in [-0.2, -0.15) is 0 Å². The lowest BCUT2D eigenvalue weighted by Gasteiger charge is -2.20. The van der Waals surface area contributed by atoms with Gasteiger partial charge in [-0.15, -0.1) is 0 Å². The van der Waals surface area contributed by atoms with Crippen molar-refractivity contribution in [1.82, 2.24) is 4.90 Å². The van der Waals surface area contributed by atoms with Crippen LogP contribution >= 0.6 is 0 Å². The predicted molar refractivity (Wildman–Crippen MR) is 76.5 cm³/mol. The molecule has 1 saturated heterocycles. The van der Waals surface area contributed by atoms with Crippen molar-refractivity contribution in [2.24, 2.45) is 0 Å². The molecule has 19 heavy (non-hydrogen) atoms. The van der Waals surface area contributed by atoms with Gasteiger partial charge >= 0.3 is 0 Å². The fourth-order valence-corrected chi connectivity index (χ4v) is 2.55. The van der Waals surface area contributed by atoms with Crippen LogP contribution in [0.2, 0.25) is 0 Å². The van der Waals surface area contributed by atoms with Crippen molar-refractivity contribution in [2.75, 3.05) is 20.2 Å². The molecule has 3 nitrogen and oxygen atoms in total. The number of carbonyl (C=O) groups is 1. The van der Waals surface area contributed by atoms with Gasteiger partial charge in [-0.05, 0) is 37.0 Å². The molecule has 0 aliphatic carbocycles. The minimum atomic E-state index is -0.00215. The maximum absolute atomic E-state index is 12.4. The van der Waals surface area contributed by atoms with Crippen LogP contribution in [0.4, 0.5) is 0 Å². The summed E-state index contributed by atoms with van der Waals surface area (Å²) in [6.45, 7) is 3.69. The second kappa shape index (κ2) is 6.60. The van der Waals surface area contributed by atoms with E-state index < -0.39 is 0 Å². The second-order valence-electron chi connectivity index (χ2n) is 5.23. The summed E-state index contributed by atoms with van der Waals surface area (Å²) in [7, 11) is 1.90. The van der Waals surface area contributed by atoms with Crippen LogP contribution in [0.1, 0.15) is 44.1 Å². The van der Waals surface area contributed by atoms with Gasteiger partial charge in [0.2, 0.25) is 5.91 Å². The summed E-state index contributed by atoms with van der Waals surface area (Å²) in [5, 5.41) is 0. The third-order valence-corrected chi connectivity index (χ3v) is 3.64. The van der Waals surface area contributed by atoms with Crippen molar-refractivity contribution >= 4 is 5.91 Å². The maximum atomic E-state index is 12.4. The van der Waals surface area contributed by atoms with Gasteiger partial charge in [-0.3, -0.25) is 4.79 Å². The zero-order valence-corrected chi connectivity index (χ0v) is 11.9. The Hall–Kier alpha value is -1.51. The number of rotatable bonds is 4. The molecule has 1 aliphatic heterocycles. The van der Waals surface area contributed by atoms with E-state index in [0.29, 0.717) is 0 Å². The number of ether oxygens (including phenoxy) is 1. The van der Waals surface area contributed by atoms with Crippen LogP contribution in [0.15, 0.2) is 24.3 Å². The van der Waals surface area contributed by atoms with E-state index in [1.165, 1.54) is 0 Å². The molecular formula is C16H23NO2. The number of benzene rings is 1. The molecule has 1 atom stereocenters. The van der Waals surface area contributed by atoms with Crippen LogP contribution in [0.25, 0.3) is 0 Å². The molecule has 2 rings (SSSR count). The van der Waals surface area contributed by atoms with Gasteiger partial charge in [0, 0.05) is 13.6 Å². The highest BCUT2D eigenvalue weighted by Gasteiger charge is 2.26. The first-order valence-corrected chi connectivity index (χ1v) is 7.20. The minimum absolute atomic E-state index is 0.00215. The Morgan fingerprint density at radius 3 is 3.00 bits per heavy atom. The summed E-state index contributed by atoms with van der Waals surface area (Å²) in [6.07, 6.45) is 4.15. The van der Waals surface area contributed by atoms with E-state index in [2.05, 4.69) is 6.92 Å². The number of hydrogen-bond acceptors (Lipinski definition) is 2. The summed E-state index contributed by atoms with van der Waals surface area (Å²) < 4.78 is 5.66. The normalized spacial score (nSPS) is 20.2. The van der Waals surface area contributed by atoms with Gasteiger partial charge in [0.1, 0.15) is 5.75 Å². The molecule has 1 aromatic carbocycles. The zero-order valence-electron chi connectivity index (χ0n) is 11.9. The third kappa shape index (κ3) is 3.49. The maximum Gasteiger partial charge on any atom is 0.229 e. The first-order chi connectivity index (χ1) is 9.22. The molecule has 1 heterocycles. The van der Waals surface area contributed by atoms with Gasteiger partial charge in [0.25, 0.3) is 0 Å². The quantitative estimate of drug-likeness (QED) is 0.833. The molecule has 1 fully saturated rings. The fraction of sp³-hybridized carbons (Fsp3) is 0.562. The molecule has 0 spiro atoms. The van der Waals surface area contributed by atoms with E-state index in [9.17, 15) is 4.79 Å². The molecule has 0 N–H and O–H groups in total. The van der Waals surface area contributed by atoms with Gasteiger partial charge < -0.3 is 9.64 Å². The third-order valence-electron chi connectivity index (χ3n) is 3.64. The molecule has 0 aromatic heterocycles. The van der Waals surface area contributed by atoms with Crippen LogP contribution in [-0.4, -0.2) is 31.0 Å². The Kier molecular flexibility index (Phi) is 4.83. The Morgan fingerprint density at radius 1 is 1.37 bits per heavy atom. The highest BCUT2D eigenvalue weighted by Crippen LogP contribution is 2.29. The summed E-state index contributed by atoms with van der Waals surface area (Å²) in [5.41, 5.74) is 1.09. The van der Waals surface area contributed by atoms with E-state index in [1.54, 1.807) is 0 Å². The van der Waals surface area contributed by atoms with Crippen molar-refractivity contribution in [2.45, 2.75) is 38.5 Å². The Labute approximate surface area is 115 Å². The van der Waals surface area contributed by atoms with Crippen molar-refractivity contribution in [3.05, 3.63) is 29.8 Å². The molecule has 0 unspecified atom stereocenters. The lowest BCUT2D eigenvalue weighted by Crippen LogP contribution is -2.30. The molecule has 1 aromatic rings. The van der Waals surface area contributed by atoms with Crippen molar-refractivity contribution in [3.63, 3.8) is 0 Å². The van der Waals surface area contributed by atoms with Crippen LogP contribution in [0.5, 0.6) is 5.75 Å². The van der Waals surface area contributed by atoms with Crippen LogP contribution in [0.3, 0.4) is 0 Å². The van der Waals surface area contributed by atoms with E-state index >= 15 is 0 Å². The molecule has 0 radical (unpaired) electrons. The van der Waals surface area contributed by atoms with Crippen molar-refractivity contribution in [3.8, 4) is 5.75 Å². The van der Waals surface area contributed by atoms with E-state index in [-0.39, 0.29) is 11.8 Å². The SMILES string of the molecule is CCCOc1cccc([C@H]2CCCCN(C)C2=O)c1. The average molecular weight is 261 g/mol. The summed E-state index contributed by atoms with van der Waals surface area (Å²) in [4.78, 5) is 14.2. The highest BCUT2D eigenvalue weighted by atomic mass is 16.5. The van der Waals surface area contributed by atoms with Crippen LogP contribution in [0, 0.1) is 0 Å². The summed E-state index contributed by atoms with van der Waals surface area (Å²) >= 11 is 0. The van der Waals surface area contributed by atoms with E-state index in [0.717, 1.165) is 50.1 Å². The van der Waals surface area contributed by atoms with Crippen molar-refractivity contribution < 1.29 is 9.53 Å². The van der Waals surface area contributed by atoms with E-state index in [1.807, 2.05) is 36.2 Å². The largest absolute Gasteiger partial charge is 0.494 e. The van der Waals surface area contributed by atoms with Gasteiger partial charge in [-0.25, -0.2) is 0 Å². The number of nitrogens with zero attached hydrogens (tertiary/aromatic N) is 1. The number of carbonyl (C=O) groups excluding carboxylic acids is 1. The van der Waals surface area contributed by atoms with Gasteiger partial charge in [-0.1, -0.05) is 25.5 Å². The Balaban J connectivity index is 2.17. The summed E-state index contributed by atoms with van der Waals surface area (Å²) in [6, 6.07) is 8.01. The Morgan fingerprint density at radius 2 is 2.21 bits per heavy atom. The fourth-order valence-electron chi connectivity index (χ4n) is 2.55. The molecule has 0 saturated carbocycles. The average Bonchev–Trinajstić information content (AvgIpc) is 2.60. The van der Waals surface area contributed by atoms with Gasteiger partial charge in [0.15, 0.2) is 0 Å². The van der Waals surface area contributed by atoms with E-state index in [4.69, 9.17) is 4.74 Å². The minimum Gasteiger partial charge on any atom is -0.494 e. The smallest absolute Gasteiger partial charge is 0.229 e. The monoisotopic (exact) mass is 261 g/mol. The lowest BCUT2D eigenvalue weighted by atomic mass is 9.93. The predicted octanol–water partition coefficient (Wildman–Crippen LogP) is 3.20. The number of likely N-dealkylation sites (tertiary alicyclic amines) is 1. The Bertz CT molecular complexity index is 431. The first-order valence-electron chi connectivity index (χ1n) is 7.20. The molecule has 1 amide bonds. The number of amides is 1. The first kappa shape index (κ1) is 13.9. The molecule has 3 heteroatoms. The van der Waals surface area contributed by atoms with Crippen LogP contribution in [-0.2, 0) is 4.79 Å². The summed E-state index contributed by atoms with van der Waals surface area (Å²) in [5.74, 6) is 1.11. The number of hydrogen-bond donors (Lipinski definition) is 0. The molecule has 104 valence electrons. The molecule has 1 aliphatic rings. The standard InChI is InChI=1S/C16H23NO2/c1-3-11-19-14-8-6-7-13(12-14)15-9-4-5-10-17(2)16(15)18/h6-8,12,15H,3-5,9-11H2,1-2H3/t15-/m1/s1. The second-order valence-corrected chi connectivity index (χ2v) is 5.23. The zero-order chi connectivity index (χ0) is 13.7. The van der Waals surface area contributed by atoms with Crippen molar-refractivity contribution in [1.29, 1.82) is 0 Å². The molecule has 0 bridgehead atoms. The lowest BCUT2D eigenvalue weighted by molar-refractivity contribution is -0.130. The highest BCUT2D eigenvalue weighted by molar-refractivity contribution is 5.83. The van der Waals surface area contributed by atoms with Gasteiger partial charge in [0.05, 0.1) is 12.5 Å².